The maximum Gasteiger partial charge on any atom is 0.320 e. The SMILES string of the molecule is C=C([O])O. The predicted molar refractivity (Wildman–Crippen MR) is 12.5 cm³/mol. The lowest BCUT2D eigenvalue weighted by molar-refractivity contribution is 0.131. The van der Waals surface area contributed by atoms with Gasteiger partial charge in [-0.15, -0.1) is 0 Å². The highest BCUT2D eigenvalue weighted by molar-refractivity contribution is 4.53. The summed E-state index contributed by atoms with van der Waals surface area (Å²) >= 11 is 0. The van der Waals surface area contributed by atoms with Crippen molar-refractivity contribution in [1.29, 1.82) is 0 Å². The molecule has 2 nitrogen and oxygen atoms in total. The van der Waals surface area contributed by atoms with Crippen LogP contribution in [0.2, 0.25) is 0 Å². The van der Waals surface area contributed by atoms with Gasteiger partial charge in [-0.1, -0.05) is 0 Å². The highest BCUT2D eigenvalue weighted by Gasteiger charge is 1.63. The van der Waals surface area contributed by atoms with E-state index in [1.807, 2.05) is 0 Å². The molecule has 0 heterocycles. The fraction of sp³-hybridized carbons (Fsp3) is 0. The smallest absolute Gasteiger partial charge is 0.320 e. The molecule has 0 aliphatic carbocycles. The molecule has 0 bridgehead atoms. The lowest BCUT2D eigenvalue weighted by Gasteiger charge is -1.61. The summed E-state index contributed by atoms with van der Waals surface area (Å²) in [5.41, 5.74) is 0. The van der Waals surface area contributed by atoms with Crippen molar-refractivity contribution in [3.05, 3.63) is 12.5 Å². The summed E-state index contributed by atoms with van der Waals surface area (Å²) < 4.78 is 0. The summed E-state index contributed by atoms with van der Waals surface area (Å²) in [6.45, 7) is 2.56. The molecule has 0 rings (SSSR count). The summed E-state index contributed by atoms with van der Waals surface area (Å²) in [7, 11) is 0. The first-order chi connectivity index (χ1) is 1.73. The topological polar surface area (TPSA) is 40.1 Å². The Balaban J connectivity index is 2.80. The number of aliphatic hydroxyl groups excluding tert-OH is 1. The normalized spacial score (nSPS) is 6.00. The van der Waals surface area contributed by atoms with E-state index in [0.717, 1.165) is 0 Å². The van der Waals surface area contributed by atoms with Gasteiger partial charge in [0.2, 0.25) is 0 Å². The van der Waals surface area contributed by atoms with Crippen molar-refractivity contribution in [2.75, 3.05) is 0 Å². The van der Waals surface area contributed by atoms with Gasteiger partial charge >= 0.3 is 5.95 Å². The molecular formula is C2H3O2. The molecule has 0 atom stereocenters. The maximum absolute atomic E-state index is 8.89. The highest BCUT2D eigenvalue weighted by atomic mass is 16.5. The van der Waals surface area contributed by atoms with Crippen molar-refractivity contribution < 1.29 is 10.2 Å². The van der Waals surface area contributed by atoms with E-state index in [4.69, 9.17) is 10.2 Å². The van der Waals surface area contributed by atoms with Crippen LogP contribution in [0.5, 0.6) is 0 Å². The second-order valence-electron chi connectivity index (χ2n) is 0.394. The molecule has 0 unspecified atom stereocenters. The fourth-order valence-electron chi connectivity index (χ4n) is 0. The van der Waals surface area contributed by atoms with E-state index in [1.165, 1.54) is 0 Å². The lowest BCUT2D eigenvalue weighted by atomic mass is 11.1. The summed E-state index contributed by atoms with van der Waals surface area (Å²) in [5.74, 6) is -1.08. The quantitative estimate of drug-likeness (QED) is 0.404. The molecule has 4 heavy (non-hydrogen) atoms. The van der Waals surface area contributed by atoms with Gasteiger partial charge in [-0.2, -0.15) is 0 Å². The Kier molecular flexibility index (Phi) is 0.641. The van der Waals surface area contributed by atoms with Gasteiger partial charge in [0.1, 0.15) is 0 Å². The molecule has 0 saturated carbocycles. The molecule has 2 heteroatoms. The minimum absolute atomic E-state index is 1.08. The van der Waals surface area contributed by atoms with Crippen molar-refractivity contribution in [2.45, 2.75) is 0 Å². The molecule has 23 valence electrons. The van der Waals surface area contributed by atoms with E-state index in [1.54, 1.807) is 0 Å². The molecular weight excluding hydrogens is 56.0 g/mol. The van der Waals surface area contributed by atoms with Crippen LogP contribution in [0.4, 0.5) is 0 Å². The maximum atomic E-state index is 8.89. The largest absolute Gasteiger partial charge is 0.479 e. The van der Waals surface area contributed by atoms with Crippen LogP contribution in [0.15, 0.2) is 12.5 Å². The third kappa shape index (κ3) is 0.356. The minimum atomic E-state index is -1.08. The summed E-state index contributed by atoms with van der Waals surface area (Å²) in [4.78, 5) is 0. The molecule has 0 aromatic carbocycles. The van der Waals surface area contributed by atoms with Gasteiger partial charge in [-0.3, -0.25) is 0 Å². The Labute approximate surface area is 24.0 Å². The molecule has 0 saturated heterocycles. The van der Waals surface area contributed by atoms with Gasteiger partial charge in [0, 0.05) is 0 Å². The first kappa shape index (κ1) is 3.34. The Morgan fingerprint density at radius 3 is 2.00 bits per heavy atom. The van der Waals surface area contributed by atoms with Crippen molar-refractivity contribution in [3.63, 3.8) is 0 Å². The molecule has 0 aliphatic rings. The predicted octanol–water partition coefficient (Wildman–Crippen LogP) is 0.446. The van der Waals surface area contributed by atoms with Crippen molar-refractivity contribution in [1.82, 2.24) is 0 Å². The zero-order valence-electron chi connectivity index (χ0n) is 2.06. The van der Waals surface area contributed by atoms with E-state index in [-0.39, 0.29) is 0 Å². The Morgan fingerprint density at radius 2 is 2.00 bits per heavy atom. The Bertz CT molecular complexity index is 27.0. The molecule has 0 amide bonds. The minimum Gasteiger partial charge on any atom is -0.479 e. The van der Waals surface area contributed by atoms with Crippen LogP contribution in [0.3, 0.4) is 0 Å². The summed E-state index contributed by atoms with van der Waals surface area (Å²) in [5, 5.41) is 16.2. The molecule has 0 spiro atoms. The average molecular weight is 59.0 g/mol. The standard InChI is InChI=1S/C2H3O2/c1-2(3)4/h3H,1H2. The second-order valence-corrected chi connectivity index (χ2v) is 0.394. The van der Waals surface area contributed by atoms with Crippen LogP contribution in [-0.4, -0.2) is 5.11 Å². The molecule has 1 radical (unpaired) electrons. The van der Waals surface area contributed by atoms with Gasteiger partial charge in [-0.25, -0.2) is 5.11 Å². The van der Waals surface area contributed by atoms with Crippen molar-refractivity contribution in [3.8, 4) is 0 Å². The molecule has 1 N–H and O–H groups in total. The third-order valence-electron chi connectivity index (χ3n) is 0. The number of hydrogen-bond donors (Lipinski definition) is 1. The highest BCUT2D eigenvalue weighted by Crippen LogP contribution is 1.61. The first-order valence-electron chi connectivity index (χ1n) is 0.781. The number of hydrogen-bond acceptors (Lipinski definition) is 1. The van der Waals surface area contributed by atoms with Crippen molar-refractivity contribution in [2.24, 2.45) is 0 Å². The monoisotopic (exact) mass is 59.0 g/mol. The van der Waals surface area contributed by atoms with Crippen LogP contribution in [0, 0.1) is 0 Å². The van der Waals surface area contributed by atoms with Gasteiger partial charge in [0.05, 0.1) is 0 Å². The van der Waals surface area contributed by atoms with Crippen LogP contribution in [-0.2, 0) is 5.11 Å². The molecule has 0 aromatic heterocycles. The third-order valence-corrected chi connectivity index (χ3v) is 0. The number of rotatable bonds is 0. The molecule has 0 aliphatic heterocycles. The van der Waals surface area contributed by atoms with Crippen molar-refractivity contribution >= 4 is 0 Å². The van der Waals surface area contributed by atoms with E-state index in [0.29, 0.717) is 0 Å². The Morgan fingerprint density at radius 1 is 2.00 bits per heavy atom. The Hall–Kier alpha value is -0.660. The lowest BCUT2D eigenvalue weighted by Crippen LogP contribution is -1.58. The number of aliphatic hydroxyl groups is 1. The zero-order chi connectivity index (χ0) is 3.58. The zero-order valence-corrected chi connectivity index (χ0v) is 2.06. The van der Waals surface area contributed by atoms with Crippen LogP contribution in [0.25, 0.3) is 0 Å². The average Bonchev–Trinajstić information content (AvgIpc) is 0.811. The first-order valence-corrected chi connectivity index (χ1v) is 0.781. The van der Waals surface area contributed by atoms with Gasteiger partial charge in [0.25, 0.3) is 0 Å². The van der Waals surface area contributed by atoms with Crippen LogP contribution >= 0.6 is 0 Å². The second kappa shape index (κ2) is 0.767. The van der Waals surface area contributed by atoms with E-state index in [9.17, 15) is 0 Å². The van der Waals surface area contributed by atoms with Gasteiger partial charge < -0.3 is 5.11 Å². The van der Waals surface area contributed by atoms with Crippen LogP contribution in [0.1, 0.15) is 0 Å². The van der Waals surface area contributed by atoms with E-state index >= 15 is 0 Å². The fourth-order valence-corrected chi connectivity index (χ4v) is 0. The summed E-state index contributed by atoms with van der Waals surface area (Å²) in [6.07, 6.45) is 0. The molecule has 0 aromatic rings. The van der Waals surface area contributed by atoms with Gasteiger partial charge in [0.15, 0.2) is 0 Å². The van der Waals surface area contributed by atoms with Crippen LogP contribution < -0.4 is 0 Å². The molecule has 0 fully saturated rings. The van der Waals surface area contributed by atoms with E-state index < -0.39 is 5.95 Å². The van der Waals surface area contributed by atoms with Gasteiger partial charge in [-0.05, 0) is 6.58 Å². The summed E-state index contributed by atoms with van der Waals surface area (Å²) in [6, 6.07) is 0. The van der Waals surface area contributed by atoms with E-state index in [2.05, 4.69) is 6.58 Å².